The molecule has 5 aromatic rings. The zero-order valence-electron chi connectivity index (χ0n) is 28.4. The standard InChI is InChI=1S/C37H36Cl2FN5O5/c1-21-10-11-23(35(47)49-6)16-29(21)44-22(2)14-30(33(39)34(44)46)50-20-24-12-13-27(40)15-25(24)19-41-36(48)42-32-18-31(37(3,4)5)43-45(32)28-9-7-8-26(38)17-28/h7-18H,19-20H2,1-6H3,(H2,41,42,48). The number of amides is 2. The summed E-state index contributed by atoms with van der Waals surface area (Å²) in [5.41, 5.74) is 3.59. The fourth-order valence-corrected chi connectivity index (χ4v) is 5.59. The van der Waals surface area contributed by atoms with Crippen LogP contribution in [0, 0.1) is 19.7 Å². The Kier molecular flexibility index (Phi) is 10.7. The van der Waals surface area contributed by atoms with E-state index >= 15 is 0 Å². The smallest absolute Gasteiger partial charge is 0.337 e. The summed E-state index contributed by atoms with van der Waals surface area (Å²) in [5, 5.41) is 10.7. The molecular weight excluding hydrogens is 684 g/mol. The molecule has 10 nitrogen and oxygen atoms in total. The minimum Gasteiger partial charge on any atom is -0.487 e. The Hall–Kier alpha value is -5.13. The first kappa shape index (κ1) is 36.2. The third kappa shape index (κ3) is 8.01. The first-order valence-electron chi connectivity index (χ1n) is 15.6. The molecule has 0 spiro atoms. The largest absolute Gasteiger partial charge is 0.487 e. The number of rotatable bonds is 9. The van der Waals surface area contributed by atoms with E-state index in [9.17, 15) is 18.8 Å². The monoisotopic (exact) mass is 719 g/mol. The number of hydrogen-bond acceptors (Lipinski definition) is 6. The van der Waals surface area contributed by atoms with Gasteiger partial charge in [-0.05, 0) is 73.0 Å². The van der Waals surface area contributed by atoms with Crippen LogP contribution in [0.4, 0.5) is 15.0 Å². The summed E-state index contributed by atoms with van der Waals surface area (Å²) in [7, 11) is 1.28. The number of carbonyl (C=O) groups excluding carboxylic acids is 2. The quantitative estimate of drug-likeness (QED) is 0.149. The second kappa shape index (κ2) is 14.8. The molecule has 13 heteroatoms. The van der Waals surface area contributed by atoms with Crippen LogP contribution in [-0.2, 0) is 23.3 Å². The van der Waals surface area contributed by atoms with Gasteiger partial charge in [-0.25, -0.2) is 18.7 Å². The zero-order chi connectivity index (χ0) is 36.3. The van der Waals surface area contributed by atoms with Crippen LogP contribution in [-0.4, -0.2) is 33.5 Å². The molecule has 50 heavy (non-hydrogen) atoms. The van der Waals surface area contributed by atoms with Gasteiger partial charge in [-0.3, -0.25) is 14.7 Å². The van der Waals surface area contributed by atoms with Gasteiger partial charge in [-0.15, -0.1) is 0 Å². The molecule has 0 aliphatic heterocycles. The number of esters is 1. The number of urea groups is 1. The van der Waals surface area contributed by atoms with Gasteiger partial charge in [0, 0.05) is 34.8 Å². The molecule has 2 amide bonds. The molecule has 260 valence electrons. The van der Waals surface area contributed by atoms with Crippen LogP contribution in [0.25, 0.3) is 11.4 Å². The number of hydrogen-bond donors (Lipinski definition) is 2. The van der Waals surface area contributed by atoms with Crippen LogP contribution in [0.3, 0.4) is 0 Å². The van der Waals surface area contributed by atoms with E-state index in [1.165, 1.54) is 29.9 Å². The number of ether oxygens (including phenoxy) is 2. The number of nitrogens with one attached hydrogen (secondary N) is 2. The third-order valence-corrected chi connectivity index (χ3v) is 8.52. The maximum Gasteiger partial charge on any atom is 0.337 e. The first-order valence-corrected chi connectivity index (χ1v) is 16.3. The maximum atomic E-state index is 14.4. The highest BCUT2D eigenvalue weighted by atomic mass is 35.5. The van der Waals surface area contributed by atoms with E-state index in [4.69, 9.17) is 37.8 Å². The summed E-state index contributed by atoms with van der Waals surface area (Å²) >= 11 is 12.7. The Balaban J connectivity index is 1.33. The van der Waals surface area contributed by atoms with Crippen molar-refractivity contribution < 1.29 is 23.5 Å². The topological polar surface area (TPSA) is 116 Å². The van der Waals surface area contributed by atoms with Crippen molar-refractivity contribution in [2.45, 2.75) is 53.2 Å². The SMILES string of the molecule is COC(=O)c1ccc(C)c(-n2c(C)cc(OCc3ccc(F)cc3CNC(=O)Nc3cc(C(C)(C)C)nn3-c3cccc(Cl)c3)c(Cl)c2=O)c1. The molecule has 5 rings (SSSR count). The van der Waals surface area contributed by atoms with Crippen LogP contribution in [0.2, 0.25) is 10.0 Å². The molecule has 0 fully saturated rings. The zero-order valence-corrected chi connectivity index (χ0v) is 29.9. The summed E-state index contributed by atoms with van der Waals surface area (Å²) in [6.45, 7) is 9.45. The van der Waals surface area contributed by atoms with Gasteiger partial charge in [0.25, 0.3) is 5.56 Å². The van der Waals surface area contributed by atoms with E-state index in [2.05, 4.69) is 10.6 Å². The van der Waals surface area contributed by atoms with Crippen molar-refractivity contribution in [3.8, 4) is 17.1 Å². The van der Waals surface area contributed by atoms with Crippen molar-refractivity contribution in [1.29, 1.82) is 0 Å². The number of aryl methyl sites for hydroxylation is 2. The summed E-state index contributed by atoms with van der Waals surface area (Å²) in [4.78, 5) is 38.7. The Morgan fingerprint density at radius 2 is 1.72 bits per heavy atom. The summed E-state index contributed by atoms with van der Waals surface area (Å²) in [5.74, 6) is -0.494. The predicted molar refractivity (Wildman–Crippen MR) is 192 cm³/mol. The summed E-state index contributed by atoms with van der Waals surface area (Å²) in [6, 6.07) is 19.0. The molecule has 2 aromatic heterocycles. The normalized spacial score (nSPS) is 11.3. The number of carbonyl (C=O) groups is 2. The van der Waals surface area contributed by atoms with E-state index < -0.39 is 23.4 Å². The number of benzene rings is 3. The van der Waals surface area contributed by atoms with Gasteiger partial charge in [-0.2, -0.15) is 5.10 Å². The molecule has 2 heterocycles. The number of aromatic nitrogens is 3. The minimum atomic E-state index is -0.545. The Morgan fingerprint density at radius 3 is 2.42 bits per heavy atom. The van der Waals surface area contributed by atoms with E-state index in [0.717, 1.165) is 11.3 Å². The number of pyridine rings is 1. The Morgan fingerprint density at radius 1 is 0.960 bits per heavy atom. The third-order valence-electron chi connectivity index (χ3n) is 7.93. The van der Waals surface area contributed by atoms with Gasteiger partial charge in [0.2, 0.25) is 0 Å². The average Bonchev–Trinajstić information content (AvgIpc) is 3.50. The van der Waals surface area contributed by atoms with E-state index in [1.54, 1.807) is 60.1 Å². The number of methoxy groups -OCH3 is 1. The molecule has 3 aromatic carbocycles. The predicted octanol–water partition coefficient (Wildman–Crippen LogP) is 8.07. The van der Waals surface area contributed by atoms with E-state index in [1.807, 2.05) is 33.8 Å². The summed E-state index contributed by atoms with van der Waals surface area (Å²) in [6.07, 6.45) is 0. The van der Waals surface area contributed by atoms with Crippen molar-refractivity contribution in [2.75, 3.05) is 12.4 Å². The lowest BCUT2D eigenvalue weighted by atomic mass is 9.92. The highest BCUT2D eigenvalue weighted by Crippen LogP contribution is 2.29. The molecule has 0 saturated heterocycles. The highest BCUT2D eigenvalue weighted by Gasteiger charge is 2.22. The second-order valence-corrected chi connectivity index (χ2v) is 13.5. The number of anilines is 1. The molecule has 0 aliphatic carbocycles. The van der Waals surface area contributed by atoms with Crippen molar-refractivity contribution in [1.82, 2.24) is 19.7 Å². The molecule has 2 N–H and O–H groups in total. The Bertz CT molecular complexity index is 2160. The van der Waals surface area contributed by atoms with Crippen molar-refractivity contribution in [3.05, 3.63) is 133 Å². The molecule has 0 atom stereocenters. The van der Waals surface area contributed by atoms with Crippen LogP contribution < -0.4 is 20.9 Å². The van der Waals surface area contributed by atoms with E-state index in [-0.39, 0.29) is 34.9 Å². The molecule has 0 unspecified atom stereocenters. The van der Waals surface area contributed by atoms with Crippen LogP contribution in [0.5, 0.6) is 5.75 Å². The summed E-state index contributed by atoms with van der Waals surface area (Å²) < 4.78 is 28.2. The molecule has 0 saturated carbocycles. The van der Waals surface area contributed by atoms with Crippen molar-refractivity contribution in [3.63, 3.8) is 0 Å². The van der Waals surface area contributed by atoms with Crippen LogP contribution >= 0.6 is 23.2 Å². The molecular formula is C37H36Cl2FN5O5. The lowest BCUT2D eigenvalue weighted by Crippen LogP contribution is -2.29. The number of nitrogens with zero attached hydrogens (tertiary/aromatic N) is 3. The minimum absolute atomic E-state index is 0.0378. The van der Waals surface area contributed by atoms with Crippen LogP contribution in [0.15, 0.2) is 77.6 Å². The lowest BCUT2D eigenvalue weighted by molar-refractivity contribution is 0.0600. The number of halogens is 3. The molecule has 0 aliphatic rings. The first-order chi connectivity index (χ1) is 23.7. The van der Waals surface area contributed by atoms with Gasteiger partial charge in [-0.1, -0.05) is 62.2 Å². The fraction of sp³-hybridized carbons (Fsp3) is 0.243. The van der Waals surface area contributed by atoms with Crippen LogP contribution in [0.1, 0.15) is 59.2 Å². The Labute approximate surface area is 298 Å². The van der Waals surface area contributed by atoms with Crippen molar-refractivity contribution >= 4 is 41.0 Å². The maximum absolute atomic E-state index is 14.4. The molecule has 0 bridgehead atoms. The highest BCUT2D eigenvalue weighted by molar-refractivity contribution is 6.32. The van der Waals surface area contributed by atoms with Gasteiger partial charge in [0.05, 0.1) is 29.7 Å². The average molecular weight is 721 g/mol. The van der Waals surface area contributed by atoms with Crippen molar-refractivity contribution in [2.24, 2.45) is 0 Å². The van der Waals surface area contributed by atoms with E-state index in [0.29, 0.717) is 39.0 Å². The fourth-order valence-electron chi connectivity index (χ4n) is 5.21. The lowest BCUT2D eigenvalue weighted by Gasteiger charge is -2.17. The van der Waals surface area contributed by atoms with Gasteiger partial charge in [0.15, 0.2) is 0 Å². The second-order valence-electron chi connectivity index (χ2n) is 12.7. The van der Waals surface area contributed by atoms with Gasteiger partial charge in [0.1, 0.15) is 29.0 Å². The molecule has 0 radical (unpaired) electrons. The van der Waals surface area contributed by atoms with Gasteiger partial charge < -0.3 is 14.8 Å². The van der Waals surface area contributed by atoms with Gasteiger partial charge >= 0.3 is 12.0 Å².